The van der Waals surface area contributed by atoms with Gasteiger partial charge in [-0.05, 0) is 13.3 Å². The van der Waals surface area contributed by atoms with Crippen molar-refractivity contribution in [3.63, 3.8) is 0 Å². The van der Waals surface area contributed by atoms with Gasteiger partial charge >= 0.3 is 11.9 Å². The van der Waals surface area contributed by atoms with Gasteiger partial charge in [0.2, 0.25) is 11.6 Å². The number of ether oxygens (including phenoxy) is 1. The highest BCUT2D eigenvalue weighted by atomic mass is 19.4. The van der Waals surface area contributed by atoms with E-state index in [4.69, 9.17) is 4.74 Å². The number of alkyl halides is 3. The molecule has 0 aliphatic heterocycles. The molecule has 0 unspecified atom stereocenters. The van der Waals surface area contributed by atoms with Crippen molar-refractivity contribution in [2.45, 2.75) is 26.1 Å². The average molecular weight is 324 g/mol. The van der Waals surface area contributed by atoms with Crippen LogP contribution in [-0.4, -0.2) is 40.9 Å². The number of nitrogens with zero attached hydrogens (tertiary/aromatic N) is 3. The summed E-state index contributed by atoms with van der Waals surface area (Å²) < 4.78 is 43.6. The number of hydrogen-bond acceptors (Lipinski definition) is 5. The molecule has 0 saturated carbocycles. The summed E-state index contributed by atoms with van der Waals surface area (Å²) >= 11 is 0. The fraction of sp³-hybridized carbons (Fsp3) is 0.636. The summed E-state index contributed by atoms with van der Waals surface area (Å²) in [5.74, 6) is -0.592. The fourth-order valence-corrected chi connectivity index (χ4v) is 1.74. The number of amides is 1. The first-order chi connectivity index (χ1) is 10.2. The Morgan fingerprint density at radius 2 is 2.14 bits per heavy atom. The quantitative estimate of drug-likeness (QED) is 0.462. The van der Waals surface area contributed by atoms with Crippen LogP contribution in [0.3, 0.4) is 0 Å². The Bertz CT molecular complexity index is 556. The summed E-state index contributed by atoms with van der Waals surface area (Å²) in [4.78, 5) is 21.2. The van der Waals surface area contributed by atoms with E-state index < -0.39 is 34.9 Å². The Morgan fingerprint density at radius 1 is 1.50 bits per heavy atom. The summed E-state index contributed by atoms with van der Waals surface area (Å²) in [5, 5.41) is 16.4. The second kappa shape index (κ2) is 7.20. The van der Waals surface area contributed by atoms with Crippen LogP contribution in [0.5, 0.6) is 0 Å². The van der Waals surface area contributed by atoms with E-state index in [1.807, 2.05) is 0 Å². The summed E-state index contributed by atoms with van der Waals surface area (Å²) in [6, 6.07) is 0. The molecule has 22 heavy (non-hydrogen) atoms. The average Bonchev–Trinajstić information content (AvgIpc) is 2.72. The van der Waals surface area contributed by atoms with Crippen LogP contribution in [0.4, 0.5) is 18.9 Å². The third kappa shape index (κ3) is 4.41. The minimum Gasteiger partial charge on any atom is -0.385 e. The molecule has 1 N–H and O–H groups in total. The number of carbonyl (C=O) groups is 1. The molecule has 0 aliphatic rings. The first-order valence-electron chi connectivity index (χ1n) is 6.23. The SMILES string of the molecule is COCCCNC(=O)Cn1nc(C(F)(F)F)c([N+](=O)[O-])c1C. The van der Waals surface area contributed by atoms with Crippen LogP contribution < -0.4 is 5.32 Å². The first kappa shape index (κ1) is 17.9. The first-order valence-corrected chi connectivity index (χ1v) is 6.23. The van der Waals surface area contributed by atoms with E-state index >= 15 is 0 Å². The standard InChI is InChI=1S/C11H15F3N4O4/c1-7-9(18(20)21)10(11(12,13)14)16-17(7)6-8(19)15-4-3-5-22-2/h3-6H2,1-2H3,(H,15,19). The molecule has 124 valence electrons. The highest BCUT2D eigenvalue weighted by molar-refractivity contribution is 5.75. The summed E-state index contributed by atoms with van der Waals surface area (Å²) in [7, 11) is 1.49. The van der Waals surface area contributed by atoms with Crippen molar-refractivity contribution in [2.24, 2.45) is 0 Å². The van der Waals surface area contributed by atoms with Gasteiger partial charge in [-0.1, -0.05) is 0 Å². The molecule has 0 saturated heterocycles. The molecule has 0 atom stereocenters. The number of rotatable bonds is 7. The van der Waals surface area contributed by atoms with Crippen LogP contribution in [0, 0.1) is 17.0 Å². The van der Waals surface area contributed by atoms with E-state index in [0.717, 1.165) is 6.92 Å². The van der Waals surface area contributed by atoms with Crippen LogP contribution in [0.1, 0.15) is 17.8 Å². The maximum Gasteiger partial charge on any atom is 0.442 e. The molecule has 1 aromatic heterocycles. The number of hydrogen-bond donors (Lipinski definition) is 1. The van der Waals surface area contributed by atoms with Gasteiger partial charge < -0.3 is 10.1 Å². The third-order valence-corrected chi connectivity index (χ3v) is 2.77. The largest absolute Gasteiger partial charge is 0.442 e. The van der Waals surface area contributed by atoms with Crippen molar-refractivity contribution in [3.05, 3.63) is 21.5 Å². The Morgan fingerprint density at radius 3 is 2.59 bits per heavy atom. The Hall–Kier alpha value is -2.17. The van der Waals surface area contributed by atoms with Gasteiger partial charge in [0.25, 0.3) is 0 Å². The molecule has 0 bridgehead atoms. The van der Waals surface area contributed by atoms with Gasteiger partial charge in [0, 0.05) is 20.3 Å². The van der Waals surface area contributed by atoms with E-state index in [2.05, 4.69) is 10.4 Å². The number of methoxy groups -OCH3 is 1. The molecule has 1 aromatic rings. The monoisotopic (exact) mass is 324 g/mol. The lowest BCUT2D eigenvalue weighted by atomic mass is 10.3. The third-order valence-electron chi connectivity index (χ3n) is 2.77. The summed E-state index contributed by atoms with van der Waals surface area (Å²) in [5.41, 5.74) is -3.08. The molecule has 0 aliphatic carbocycles. The van der Waals surface area contributed by atoms with Gasteiger partial charge in [0.1, 0.15) is 12.2 Å². The molecule has 1 rings (SSSR count). The summed E-state index contributed by atoms with van der Waals surface area (Å²) in [6.45, 7) is 1.28. The fourth-order valence-electron chi connectivity index (χ4n) is 1.74. The van der Waals surface area contributed by atoms with Crippen LogP contribution in [0.2, 0.25) is 0 Å². The Balaban J connectivity index is 2.88. The number of halogens is 3. The topological polar surface area (TPSA) is 99.3 Å². The summed E-state index contributed by atoms with van der Waals surface area (Å²) in [6.07, 6.45) is -4.43. The predicted molar refractivity (Wildman–Crippen MR) is 68.1 cm³/mol. The molecule has 8 nitrogen and oxygen atoms in total. The highest BCUT2D eigenvalue weighted by Gasteiger charge is 2.44. The van der Waals surface area contributed by atoms with Gasteiger partial charge in [-0.3, -0.25) is 19.6 Å². The number of carbonyl (C=O) groups excluding carboxylic acids is 1. The van der Waals surface area contributed by atoms with E-state index in [-0.39, 0.29) is 12.2 Å². The van der Waals surface area contributed by atoms with E-state index in [9.17, 15) is 28.1 Å². The van der Waals surface area contributed by atoms with Crippen LogP contribution in [0.25, 0.3) is 0 Å². The molecular formula is C11H15F3N4O4. The molecule has 0 fully saturated rings. The maximum atomic E-state index is 12.7. The highest BCUT2D eigenvalue weighted by Crippen LogP contribution is 2.36. The maximum absolute atomic E-state index is 12.7. The zero-order valence-electron chi connectivity index (χ0n) is 11.9. The normalized spacial score (nSPS) is 11.5. The molecule has 0 radical (unpaired) electrons. The molecule has 0 aromatic carbocycles. The molecule has 1 amide bonds. The van der Waals surface area contributed by atoms with Gasteiger partial charge in [-0.2, -0.15) is 18.3 Å². The molecule has 11 heteroatoms. The van der Waals surface area contributed by atoms with E-state index in [1.165, 1.54) is 7.11 Å². The zero-order valence-corrected chi connectivity index (χ0v) is 11.9. The van der Waals surface area contributed by atoms with Gasteiger partial charge in [-0.15, -0.1) is 0 Å². The van der Waals surface area contributed by atoms with Gasteiger partial charge in [0.05, 0.1) is 4.92 Å². The molecular weight excluding hydrogens is 309 g/mol. The Labute approximate surface area is 123 Å². The van der Waals surface area contributed by atoms with E-state index in [0.29, 0.717) is 17.7 Å². The predicted octanol–water partition coefficient (Wildman–Crippen LogP) is 1.27. The van der Waals surface area contributed by atoms with Crippen molar-refractivity contribution in [1.82, 2.24) is 15.1 Å². The number of nitrogens with one attached hydrogen (secondary N) is 1. The minimum absolute atomic E-state index is 0.279. The molecule has 1 heterocycles. The van der Waals surface area contributed by atoms with Crippen LogP contribution in [-0.2, 0) is 22.3 Å². The second-order valence-electron chi connectivity index (χ2n) is 4.39. The van der Waals surface area contributed by atoms with Crippen molar-refractivity contribution in [3.8, 4) is 0 Å². The van der Waals surface area contributed by atoms with Crippen molar-refractivity contribution < 1.29 is 27.6 Å². The second-order valence-corrected chi connectivity index (χ2v) is 4.39. The van der Waals surface area contributed by atoms with Crippen molar-refractivity contribution in [2.75, 3.05) is 20.3 Å². The van der Waals surface area contributed by atoms with Gasteiger partial charge in [-0.25, -0.2) is 0 Å². The number of aromatic nitrogens is 2. The molecule has 0 spiro atoms. The Kier molecular flexibility index (Phi) is 5.85. The lowest BCUT2D eigenvalue weighted by molar-refractivity contribution is -0.388. The minimum atomic E-state index is -4.96. The smallest absolute Gasteiger partial charge is 0.385 e. The van der Waals surface area contributed by atoms with Crippen LogP contribution in [0.15, 0.2) is 0 Å². The lowest BCUT2D eigenvalue weighted by Crippen LogP contribution is -2.29. The lowest BCUT2D eigenvalue weighted by Gasteiger charge is -2.06. The number of nitro groups is 1. The van der Waals surface area contributed by atoms with Crippen molar-refractivity contribution >= 4 is 11.6 Å². The van der Waals surface area contributed by atoms with Gasteiger partial charge in [0.15, 0.2) is 0 Å². The van der Waals surface area contributed by atoms with Crippen LogP contribution >= 0.6 is 0 Å². The van der Waals surface area contributed by atoms with Crippen molar-refractivity contribution in [1.29, 1.82) is 0 Å². The van der Waals surface area contributed by atoms with E-state index in [1.54, 1.807) is 0 Å². The zero-order chi connectivity index (χ0) is 16.9.